The van der Waals surface area contributed by atoms with Gasteiger partial charge in [0.2, 0.25) is 0 Å². The van der Waals surface area contributed by atoms with Gasteiger partial charge in [0.1, 0.15) is 5.58 Å². The van der Waals surface area contributed by atoms with Crippen LogP contribution in [0.4, 0.5) is 0 Å². The van der Waals surface area contributed by atoms with Crippen LogP contribution < -0.4 is 0 Å². The largest absolute Gasteiger partial charge is 0.501 e. The average Bonchev–Trinajstić information content (AvgIpc) is 3.63. The van der Waals surface area contributed by atoms with Crippen LogP contribution >= 0.6 is 0 Å². The number of aryl methyl sites for hydroxylation is 1. The van der Waals surface area contributed by atoms with Gasteiger partial charge in [0.25, 0.3) is 0 Å². The molecule has 8 aromatic rings. The van der Waals surface area contributed by atoms with Gasteiger partial charge in [0, 0.05) is 46.1 Å². The Kier molecular flexibility index (Phi) is 8.46. The van der Waals surface area contributed by atoms with Gasteiger partial charge in [0.05, 0.1) is 5.58 Å². The first-order valence-corrected chi connectivity index (χ1v) is 18.9. The van der Waals surface area contributed by atoms with E-state index in [0.717, 1.165) is 74.6 Å². The number of nitrogens with zero attached hydrogens (tertiary/aromatic N) is 2. The molecule has 11 rings (SSSR count). The number of benzene rings is 5. The maximum absolute atomic E-state index is 9.09. The van der Waals surface area contributed by atoms with Crippen molar-refractivity contribution in [3.8, 4) is 33.6 Å². The van der Waals surface area contributed by atoms with E-state index in [1.165, 1.54) is 35.9 Å². The number of hydrogen-bond donors (Lipinski definition) is 0. The molecule has 0 unspecified atom stereocenters. The molecule has 2 bridgehead atoms. The van der Waals surface area contributed by atoms with Crippen LogP contribution in [0.1, 0.15) is 77.3 Å². The summed E-state index contributed by atoms with van der Waals surface area (Å²) in [6, 6.07) is 44.0. The molecule has 277 valence electrons. The normalized spacial score (nSPS) is 21.1. The summed E-state index contributed by atoms with van der Waals surface area (Å²) >= 11 is 0. The fraction of sp³-hybridized carbons (Fsp3) is 0.255. The second-order valence-corrected chi connectivity index (χ2v) is 15.9. The third kappa shape index (κ3) is 7.81. The molecule has 3 aromatic heterocycles. The molecule has 5 aromatic carbocycles. The molecular weight excluding hydrogens is 849 g/mol. The van der Waals surface area contributed by atoms with Crippen molar-refractivity contribution >= 4 is 32.7 Å². The number of aromatic nitrogens is 2. The molecule has 55 heavy (non-hydrogen) atoms. The van der Waals surface area contributed by atoms with E-state index in [1.807, 2.05) is 33.0 Å². The molecule has 0 atom stereocenters. The van der Waals surface area contributed by atoms with Crippen molar-refractivity contribution in [3.05, 3.63) is 156 Å². The van der Waals surface area contributed by atoms with Crippen LogP contribution in [-0.2, 0) is 26.5 Å². The molecule has 3 aliphatic rings. The number of furan rings is 1. The van der Waals surface area contributed by atoms with E-state index in [4.69, 9.17) is 17.6 Å². The van der Waals surface area contributed by atoms with Crippen molar-refractivity contribution in [2.45, 2.75) is 65.6 Å². The predicted molar refractivity (Wildman–Crippen MR) is 223 cm³/mol. The van der Waals surface area contributed by atoms with Gasteiger partial charge >= 0.3 is 0 Å². The third-order valence-corrected chi connectivity index (χ3v) is 10.7. The Balaban J connectivity index is 0.000000186. The van der Waals surface area contributed by atoms with Crippen molar-refractivity contribution in [1.29, 1.82) is 0 Å². The smallest absolute Gasteiger partial charge is 0.121 e. The Morgan fingerprint density at radius 2 is 1.62 bits per heavy atom. The van der Waals surface area contributed by atoms with E-state index in [-0.39, 0.29) is 25.7 Å². The van der Waals surface area contributed by atoms with E-state index in [1.54, 1.807) is 24.3 Å². The first kappa shape index (κ1) is 30.3. The van der Waals surface area contributed by atoms with Crippen LogP contribution in [0.3, 0.4) is 0 Å². The van der Waals surface area contributed by atoms with Crippen LogP contribution in [0.2, 0.25) is 0 Å². The van der Waals surface area contributed by atoms with Gasteiger partial charge in [0.15, 0.2) is 0 Å². The molecule has 0 spiro atoms. The summed E-state index contributed by atoms with van der Waals surface area (Å²) in [6.07, 6.45) is 6.60. The monoisotopic (exact) mass is 901 g/mol. The number of pyridine rings is 2. The molecule has 3 aliphatic carbocycles. The molecule has 3 fully saturated rings. The molecule has 3 heterocycles. The Hall–Kier alpha value is -4.89. The van der Waals surface area contributed by atoms with Gasteiger partial charge in [-0.25, -0.2) is 0 Å². The molecule has 0 aliphatic heterocycles. The van der Waals surface area contributed by atoms with Gasteiger partial charge in [-0.15, -0.1) is 53.6 Å². The van der Waals surface area contributed by atoms with Gasteiger partial charge < -0.3 is 14.4 Å². The van der Waals surface area contributed by atoms with E-state index < -0.39 is 24.5 Å². The molecule has 0 N–H and O–H groups in total. The standard InChI is InChI=1S/C34H26NO.C17H20N.Ir/c1-2-5-28-25(4-1)12-13-32-33(28)30-7-3-6-29(34(30)36-32)31-20-26(14-15-35-31)23-8-10-24(11-9-23)27-18-21-16-22(17-21)19-27;1-13-5-8-15(9-6-13)16-10-7-14(12-18-16)11-17(2,3)4;/h1-5,7-15,20-22,27H,16-19H2;5-8,10,12H,11H2,1-4H3;/q2*-1;/i27D;1D3,11D2;. The summed E-state index contributed by atoms with van der Waals surface area (Å²) < 4.78 is 54.1. The van der Waals surface area contributed by atoms with Crippen molar-refractivity contribution in [2.75, 3.05) is 0 Å². The second-order valence-electron chi connectivity index (χ2n) is 15.9. The zero-order valence-corrected chi connectivity index (χ0v) is 33.6. The summed E-state index contributed by atoms with van der Waals surface area (Å²) in [4.78, 5) is 9.02. The topological polar surface area (TPSA) is 38.9 Å². The molecular formula is C51H46IrN2O-2. The maximum atomic E-state index is 9.09. The minimum atomic E-state index is -2.14. The Morgan fingerprint density at radius 1 is 0.800 bits per heavy atom. The number of fused-ring (bicyclic) bond motifs is 7. The van der Waals surface area contributed by atoms with Crippen molar-refractivity contribution in [3.63, 3.8) is 0 Å². The molecule has 0 amide bonds. The minimum Gasteiger partial charge on any atom is -0.501 e. The first-order valence-electron chi connectivity index (χ1n) is 21.9. The Bertz CT molecular complexity index is 2830. The minimum absolute atomic E-state index is 0. The summed E-state index contributed by atoms with van der Waals surface area (Å²) in [5.41, 5.74) is 8.37. The summed E-state index contributed by atoms with van der Waals surface area (Å²) in [5.74, 6) is 1.10. The van der Waals surface area contributed by atoms with Crippen molar-refractivity contribution < 1.29 is 32.7 Å². The first-order chi connectivity index (χ1) is 28.6. The maximum Gasteiger partial charge on any atom is 0.121 e. The van der Waals surface area contributed by atoms with Crippen LogP contribution in [0, 0.1) is 36.2 Å². The number of rotatable bonds is 5. The zero-order chi connectivity index (χ0) is 42.0. The summed E-state index contributed by atoms with van der Waals surface area (Å²) in [6.45, 7) is 3.40. The molecule has 0 saturated heterocycles. The molecule has 4 heteroatoms. The van der Waals surface area contributed by atoms with Crippen molar-refractivity contribution in [2.24, 2.45) is 17.3 Å². The van der Waals surface area contributed by atoms with Crippen LogP contribution in [-0.4, -0.2) is 9.97 Å². The third-order valence-electron chi connectivity index (χ3n) is 10.7. The van der Waals surface area contributed by atoms with Gasteiger partial charge in [-0.1, -0.05) is 111 Å². The Morgan fingerprint density at radius 3 is 2.35 bits per heavy atom. The van der Waals surface area contributed by atoms with E-state index in [0.29, 0.717) is 16.8 Å². The molecule has 1 radical (unpaired) electrons. The Labute approximate surface area is 347 Å². The fourth-order valence-corrected chi connectivity index (χ4v) is 8.21. The molecule has 3 saturated carbocycles. The average molecular weight is 901 g/mol. The van der Waals surface area contributed by atoms with Gasteiger partial charge in [-0.05, 0) is 112 Å². The van der Waals surface area contributed by atoms with E-state index >= 15 is 0 Å². The summed E-state index contributed by atoms with van der Waals surface area (Å²) in [7, 11) is 0. The van der Waals surface area contributed by atoms with Gasteiger partial charge in [-0.2, -0.15) is 0 Å². The van der Waals surface area contributed by atoms with Gasteiger partial charge in [-0.3, -0.25) is 0 Å². The van der Waals surface area contributed by atoms with E-state index in [2.05, 4.69) is 96.0 Å². The van der Waals surface area contributed by atoms with E-state index in [9.17, 15) is 0 Å². The van der Waals surface area contributed by atoms with Crippen LogP contribution in [0.5, 0.6) is 0 Å². The SMILES string of the molecule is [2H]C([2H])([2H])c1c[c-]c(-c2ccc(C([2H])([2H])C(C)(C)C)cn2)cc1.[2H]C1(c2ccc(-c3ccnc(-c4[c-]ccc5c4oc4ccc6ccccc6c45)c3)cc2)CC2CC(C2)C1.[Ir]. The second kappa shape index (κ2) is 15.3. The summed E-state index contributed by atoms with van der Waals surface area (Å²) in [5, 5.41) is 4.62. The van der Waals surface area contributed by atoms with Crippen LogP contribution in [0.15, 0.2) is 132 Å². The molecule has 3 nitrogen and oxygen atoms in total. The number of hydrogen-bond acceptors (Lipinski definition) is 3. The zero-order valence-electron chi connectivity index (χ0n) is 37.2. The van der Waals surface area contributed by atoms with Crippen LogP contribution in [0.25, 0.3) is 66.4 Å². The predicted octanol–water partition coefficient (Wildman–Crippen LogP) is 13.6. The fourth-order valence-electron chi connectivity index (χ4n) is 8.21. The quantitative estimate of drug-likeness (QED) is 0.162. The van der Waals surface area contributed by atoms with Crippen molar-refractivity contribution in [1.82, 2.24) is 9.97 Å².